The summed E-state index contributed by atoms with van der Waals surface area (Å²) in [4.78, 5) is 4.13. The second kappa shape index (κ2) is 5.14. The highest BCUT2D eigenvalue weighted by Gasteiger charge is 2.15. The molecule has 0 spiro atoms. The molecule has 17 heavy (non-hydrogen) atoms. The molecule has 0 amide bonds. The average molecular weight is 320 g/mol. The Bertz CT molecular complexity index is 532. The molecular formula is C11H9BrClFN2O. The van der Waals surface area contributed by atoms with Gasteiger partial charge in [-0.05, 0) is 40.5 Å². The van der Waals surface area contributed by atoms with Crippen LogP contribution in [-0.2, 0) is 0 Å². The van der Waals surface area contributed by atoms with Crippen molar-refractivity contribution in [2.24, 2.45) is 0 Å². The van der Waals surface area contributed by atoms with Crippen molar-refractivity contribution in [3.63, 3.8) is 0 Å². The minimum absolute atomic E-state index is 0.269. The van der Waals surface area contributed by atoms with Crippen molar-refractivity contribution in [2.45, 2.75) is 18.7 Å². The second-order valence-electron chi connectivity index (χ2n) is 3.46. The van der Waals surface area contributed by atoms with Crippen LogP contribution in [0.3, 0.4) is 0 Å². The molecular weight excluding hydrogens is 310 g/mol. The van der Waals surface area contributed by atoms with Crippen LogP contribution in [0.1, 0.15) is 24.5 Å². The zero-order chi connectivity index (χ0) is 12.4. The molecule has 0 bridgehead atoms. The van der Waals surface area contributed by atoms with E-state index < -0.39 is 0 Å². The summed E-state index contributed by atoms with van der Waals surface area (Å²) in [5.41, 5.74) is 0.532. The van der Waals surface area contributed by atoms with Crippen molar-refractivity contribution in [1.82, 2.24) is 10.1 Å². The van der Waals surface area contributed by atoms with E-state index in [0.717, 1.165) is 0 Å². The number of rotatable bonds is 3. The molecule has 0 aliphatic carbocycles. The van der Waals surface area contributed by atoms with Crippen molar-refractivity contribution in [3.05, 3.63) is 34.3 Å². The molecule has 0 N–H and O–H groups in total. The molecule has 0 fully saturated rings. The van der Waals surface area contributed by atoms with E-state index >= 15 is 0 Å². The molecule has 0 saturated carbocycles. The molecule has 2 aromatic rings. The Morgan fingerprint density at radius 1 is 1.53 bits per heavy atom. The largest absolute Gasteiger partial charge is 0.334 e. The maximum absolute atomic E-state index is 13.3. The van der Waals surface area contributed by atoms with E-state index in [1.54, 1.807) is 12.1 Å². The maximum Gasteiger partial charge on any atom is 0.258 e. The SMILES string of the molecule is CCC(Cl)c1noc(-c2ccc(Br)c(F)c2)n1. The van der Waals surface area contributed by atoms with Gasteiger partial charge in [-0.1, -0.05) is 12.1 Å². The van der Waals surface area contributed by atoms with Gasteiger partial charge in [0.2, 0.25) is 0 Å². The van der Waals surface area contributed by atoms with E-state index in [1.165, 1.54) is 6.07 Å². The van der Waals surface area contributed by atoms with Gasteiger partial charge in [-0.3, -0.25) is 0 Å². The normalized spacial score (nSPS) is 12.7. The number of aromatic nitrogens is 2. The minimum Gasteiger partial charge on any atom is -0.334 e. The molecule has 1 atom stereocenters. The van der Waals surface area contributed by atoms with Crippen molar-refractivity contribution in [1.29, 1.82) is 0 Å². The Morgan fingerprint density at radius 3 is 2.94 bits per heavy atom. The highest BCUT2D eigenvalue weighted by Crippen LogP contribution is 2.26. The molecule has 1 aromatic carbocycles. The number of hydrogen-bond acceptors (Lipinski definition) is 3. The Labute approximate surface area is 111 Å². The lowest BCUT2D eigenvalue weighted by Crippen LogP contribution is -1.90. The van der Waals surface area contributed by atoms with Gasteiger partial charge in [-0.25, -0.2) is 4.39 Å². The molecule has 0 radical (unpaired) electrons. The van der Waals surface area contributed by atoms with Gasteiger partial charge in [0.25, 0.3) is 5.89 Å². The van der Waals surface area contributed by atoms with Gasteiger partial charge in [0.05, 0.1) is 9.85 Å². The lowest BCUT2D eigenvalue weighted by atomic mass is 10.2. The van der Waals surface area contributed by atoms with Crippen molar-refractivity contribution in [2.75, 3.05) is 0 Å². The first-order chi connectivity index (χ1) is 8.11. The van der Waals surface area contributed by atoms with E-state index in [2.05, 4.69) is 26.1 Å². The molecule has 1 aromatic heterocycles. The van der Waals surface area contributed by atoms with Gasteiger partial charge in [0.15, 0.2) is 5.82 Å². The summed E-state index contributed by atoms with van der Waals surface area (Å²) in [6, 6.07) is 4.61. The number of nitrogens with zero attached hydrogens (tertiary/aromatic N) is 2. The fraction of sp³-hybridized carbons (Fsp3) is 0.273. The fourth-order valence-corrected chi connectivity index (χ4v) is 1.63. The standard InChI is InChI=1S/C11H9BrClFN2O/c1-2-8(13)10-15-11(17-16-10)6-3-4-7(12)9(14)5-6/h3-5,8H,2H2,1H3. The second-order valence-corrected chi connectivity index (χ2v) is 4.84. The van der Waals surface area contributed by atoms with Crippen LogP contribution < -0.4 is 0 Å². The van der Waals surface area contributed by atoms with Gasteiger partial charge < -0.3 is 4.52 Å². The first-order valence-corrected chi connectivity index (χ1v) is 6.28. The van der Waals surface area contributed by atoms with Crippen molar-refractivity contribution in [3.8, 4) is 11.5 Å². The maximum atomic E-state index is 13.3. The van der Waals surface area contributed by atoms with E-state index in [0.29, 0.717) is 22.3 Å². The predicted molar refractivity (Wildman–Crippen MR) is 66.3 cm³/mol. The minimum atomic E-state index is -0.375. The molecule has 3 nitrogen and oxygen atoms in total. The Hall–Kier alpha value is -0.940. The van der Waals surface area contributed by atoms with Crippen LogP contribution in [0.2, 0.25) is 0 Å². The number of alkyl halides is 1. The van der Waals surface area contributed by atoms with Gasteiger partial charge in [0, 0.05) is 5.56 Å². The molecule has 0 aliphatic rings. The summed E-state index contributed by atoms with van der Waals surface area (Å²) in [6.45, 7) is 1.92. The molecule has 0 saturated heterocycles. The van der Waals surface area contributed by atoms with E-state index in [4.69, 9.17) is 16.1 Å². The molecule has 1 unspecified atom stereocenters. The third-order valence-electron chi connectivity index (χ3n) is 2.25. The summed E-state index contributed by atoms with van der Waals surface area (Å²) >= 11 is 9.06. The predicted octanol–water partition coefficient (Wildman–Crippen LogP) is 4.33. The van der Waals surface area contributed by atoms with E-state index in [-0.39, 0.29) is 17.1 Å². The van der Waals surface area contributed by atoms with Crippen LogP contribution in [-0.4, -0.2) is 10.1 Å². The number of hydrogen-bond donors (Lipinski definition) is 0. The summed E-state index contributed by atoms with van der Waals surface area (Å²) in [5, 5.41) is 3.48. The fourth-order valence-electron chi connectivity index (χ4n) is 1.29. The Morgan fingerprint density at radius 2 is 2.29 bits per heavy atom. The summed E-state index contributed by atoms with van der Waals surface area (Å²) < 4.78 is 18.8. The zero-order valence-electron chi connectivity index (χ0n) is 8.95. The van der Waals surface area contributed by atoms with Crippen molar-refractivity contribution < 1.29 is 8.91 Å². The highest BCUT2D eigenvalue weighted by molar-refractivity contribution is 9.10. The summed E-state index contributed by atoms with van der Waals surface area (Å²) in [5.74, 6) is 0.318. The van der Waals surface area contributed by atoms with Crippen LogP contribution in [0, 0.1) is 5.82 Å². The number of halogens is 3. The van der Waals surface area contributed by atoms with Gasteiger partial charge in [-0.15, -0.1) is 11.6 Å². The number of benzene rings is 1. The monoisotopic (exact) mass is 318 g/mol. The third-order valence-corrected chi connectivity index (χ3v) is 3.39. The van der Waals surface area contributed by atoms with E-state index in [1.807, 2.05) is 6.92 Å². The van der Waals surface area contributed by atoms with Crippen LogP contribution in [0.5, 0.6) is 0 Å². The third kappa shape index (κ3) is 2.66. The average Bonchev–Trinajstić information content (AvgIpc) is 2.81. The van der Waals surface area contributed by atoms with Gasteiger partial charge in [-0.2, -0.15) is 4.98 Å². The quantitative estimate of drug-likeness (QED) is 0.791. The van der Waals surface area contributed by atoms with E-state index in [9.17, 15) is 4.39 Å². The van der Waals surface area contributed by atoms with Crippen LogP contribution in [0.15, 0.2) is 27.2 Å². The molecule has 6 heteroatoms. The Kier molecular flexibility index (Phi) is 3.79. The first-order valence-electron chi connectivity index (χ1n) is 5.05. The molecule has 90 valence electrons. The smallest absolute Gasteiger partial charge is 0.258 e. The molecule has 2 rings (SSSR count). The van der Waals surface area contributed by atoms with Gasteiger partial charge >= 0.3 is 0 Å². The van der Waals surface area contributed by atoms with Crippen LogP contribution in [0.25, 0.3) is 11.5 Å². The van der Waals surface area contributed by atoms with Crippen LogP contribution >= 0.6 is 27.5 Å². The topological polar surface area (TPSA) is 38.9 Å². The zero-order valence-corrected chi connectivity index (χ0v) is 11.3. The lowest BCUT2D eigenvalue weighted by molar-refractivity contribution is 0.421. The molecule has 1 heterocycles. The lowest BCUT2D eigenvalue weighted by Gasteiger charge is -1.97. The summed E-state index contributed by atoms with van der Waals surface area (Å²) in [7, 11) is 0. The summed E-state index contributed by atoms with van der Waals surface area (Å²) in [6.07, 6.45) is 0.704. The van der Waals surface area contributed by atoms with Crippen LogP contribution in [0.4, 0.5) is 4.39 Å². The van der Waals surface area contributed by atoms with Crippen molar-refractivity contribution >= 4 is 27.5 Å². The molecule has 0 aliphatic heterocycles. The van der Waals surface area contributed by atoms with Gasteiger partial charge in [0.1, 0.15) is 5.82 Å². The first kappa shape index (κ1) is 12.5. The highest BCUT2D eigenvalue weighted by atomic mass is 79.9. The Balaban J connectivity index is 2.33.